The number of amidine groups is 1. The molecule has 0 aromatic carbocycles. The van der Waals surface area contributed by atoms with Gasteiger partial charge in [-0.15, -0.1) is 11.3 Å². The minimum Gasteiger partial charge on any atom is -0.443 e. The molecule has 4 nitrogen and oxygen atoms in total. The summed E-state index contributed by atoms with van der Waals surface area (Å²) in [6.07, 6.45) is 4.11. The van der Waals surface area contributed by atoms with Gasteiger partial charge in [-0.2, -0.15) is 0 Å². The van der Waals surface area contributed by atoms with Crippen molar-refractivity contribution in [2.75, 3.05) is 5.75 Å². The van der Waals surface area contributed by atoms with Crippen LogP contribution >= 0.6 is 23.1 Å². The van der Waals surface area contributed by atoms with Crippen molar-refractivity contribution in [2.45, 2.75) is 83.9 Å². The molecule has 1 spiro atoms. The monoisotopic (exact) mass is 394 g/mol. The second-order valence-corrected chi connectivity index (χ2v) is 11.2. The second kappa shape index (κ2) is 6.86. The largest absolute Gasteiger partial charge is 0.443 e. The lowest BCUT2D eigenvalue weighted by atomic mass is 9.79. The lowest BCUT2D eigenvalue weighted by Gasteiger charge is -2.42. The van der Waals surface area contributed by atoms with Gasteiger partial charge in [0, 0.05) is 16.2 Å². The van der Waals surface area contributed by atoms with Gasteiger partial charge in [0.2, 0.25) is 0 Å². The number of hydrogen-bond acceptors (Lipinski definition) is 5. The average molecular weight is 395 g/mol. The fraction of sp³-hybridized carbons (Fsp3) is 0.700. The molecule has 3 rings (SSSR count). The first kappa shape index (κ1) is 19.7. The maximum Gasteiger partial charge on any atom is 0.416 e. The maximum absolute atomic E-state index is 13.0. The molecule has 0 bridgehead atoms. The number of aliphatic imine (C=N–C) groups is 1. The van der Waals surface area contributed by atoms with E-state index < -0.39 is 11.1 Å². The first-order valence-electron chi connectivity index (χ1n) is 9.35. The van der Waals surface area contributed by atoms with Crippen molar-refractivity contribution in [1.82, 2.24) is 4.90 Å². The molecule has 1 aromatic rings. The Bertz CT molecular complexity index is 712. The van der Waals surface area contributed by atoms with Gasteiger partial charge >= 0.3 is 6.09 Å². The van der Waals surface area contributed by atoms with Crippen LogP contribution in [0, 0.1) is 0 Å². The molecular weight excluding hydrogens is 364 g/mol. The van der Waals surface area contributed by atoms with E-state index in [1.165, 1.54) is 10.4 Å². The summed E-state index contributed by atoms with van der Waals surface area (Å²) in [5.74, 6) is 0.976. The Hall–Kier alpha value is -1.01. The van der Waals surface area contributed by atoms with Crippen molar-refractivity contribution in [3.63, 3.8) is 0 Å². The van der Waals surface area contributed by atoms with Gasteiger partial charge in [0.15, 0.2) is 5.17 Å². The minimum absolute atomic E-state index is 0.167. The molecule has 0 saturated heterocycles. The normalized spacial score (nSPS) is 23.4. The number of amides is 1. The topological polar surface area (TPSA) is 41.9 Å². The highest BCUT2D eigenvalue weighted by Gasteiger charge is 2.43. The average Bonchev–Trinajstić information content (AvgIpc) is 2.94. The molecule has 2 aliphatic rings. The first-order chi connectivity index (χ1) is 12.0. The number of nitrogens with zero attached hydrogens (tertiary/aromatic N) is 2. The van der Waals surface area contributed by atoms with E-state index in [0.717, 1.165) is 36.6 Å². The van der Waals surface area contributed by atoms with Crippen LogP contribution in [0.4, 0.5) is 4.79 Å². The van der Waals surface area contributed by atoms with Crippen molar-refractivity contribution in [3.05, 3.63) is 21.9 Å². The number of rotatable bonds is 0. The molecule has 26 heavy (non-hydrogen) atoms. The summed E-state index contributed by atoms with van der Waals surface area (Å²) in [6.45, 7) is 11.8. The molecule has 6 heteroatoms. The van der Waals surface area contributed by atoms with Crippen LogP contribution in [0.1, 0.15) is 71.2 Å². The molecule has 1 aliphatic carbocycles. The molecule has 144 valence electrons. The van der Waals surface area contributed by atoms with Crippen LogP contribution in [-0.4, -0.2) is 33.1 Å². The lowest BCUT2D eigenvalue weighted by molar-refractivity contribution is 0.0254. The Morgan fingerprint density at radius 2 is 1.96 bits per heavy atom. The predicted molar refractivity (Wildman–Crippen MR) is 111 cm³/mol. The third kappa shape index (κ3) is 3.96. The number of thioether (sulfide) groups is 1. The Morgan fingerprint density at radius 1 is 1.23 bits per heavy atom. The Balaban J connectivity index is 2.00. The second-order valence-electron chi connectivity index (χ2n) is 9.12. The number of ether oxygens (including phenoxy) is 1. The van der Waals surface area contributed by atoms with E-state index in [1.54, 1.807) is 16.7 Å². The predicted octanol–water partition coefficient (Wildman–Crippen LogP) is 5.81. The van der Waals surface area contributed by atoms with Gasteiger partial charge in [-0.25, -0.2) is 4.79 Å². The minimum atomic E-state index is -0.524. The molecule has 0 saturated carbocycles. The van der Waals surface area contributed by atoms with Crippen molar-refractivity contribution in [3.8, 4) is 0 Å². The van der Waals surface area contributed by atoms with Gasteiger partial charge < -0.3 is 4.74 Å². The van der Waals surface area contributed by atoms with E-state index in [2.05, 4.69) is 11.4 Å². The quantitative estimate of drug-likeness (QED) is 0.558. The van der Waals surface area contributed by atoms with E-state index in [9.17, 15) is 4.79 Å². The van der Waals surface area contributed by atoms with Gasteiger partial charge in [0.1, 0.15) is 5.60 Å². The molecule has 1 aromatic heterocycles. The Labute approximate surface area is 165 Å². The molecule has 1 atom stereocenters. The number of thiophene rings is 1. The van der Waals surface area contributed by atoms with Crippen LogP contribution in [-0.2, 0) is 16.7 Å². The molecule has 1 amide bonds. The van der Waals surface area contributed by atoms with Crippen LogP contribution < -0.4 is 0 Å². The Morgan fingerprint density at radius 3 is 2.62 bits per heavy atom. The summed E-state index contributed by atoms with van der Waals surface area (Å²) in [4.78, 5) is 21.4. The van der Waals surface area contributed by atoms with Gasteiger partial charge in [-0.3, -0.25) is 9.89 Å². The zero-order valence-electron chi connectivity index (χ0n) is 16.7. The van der Waals surface area contributed by atoms with E-state index in [-0.39, 0.29) is 11.6 Å². The number of fused-ring (bicyclic) bond motifs is 2. The fourth-order valence-electron chi connectivity index (χ4n) is 3.64. The van der Waals surface area contributed by atoms with Crippen LogP contribution in [0.2, 0.25) is 0 Å². The highest BCUT2D eigenvalue weighted by atomic mass is 32.2. The molecule has 2 heterocycles. The zero-order valence-corrected chi connectivity index (χ0v) is 18.4. The zero-order chi connectivity index (χ0) is 19.2. The van der Waals surface area contributed by atoms with Crippen molar-refractivity contribution in [2.24, 2.45) is 4.99 Å². The molecule has 0 radical (unpaired) electrons. The van der Waals surface area contributed by atoms with Crippen LogP contribution in [0.3, 0.4) is 0 Å². The van der Waals surface area contributed by atoms with Crippen molar-refractivity contribution < 1.29 is 9.53 Å². The van der Waals surface area contributed by atoms with Crippen LogP contribution in [0.5, 0.6) is 0 Å². The molecular formula is C20H30N2O2S2. The summed E-state index contributed by atoms with van der Waals surface area (Å²) in [5.41, 5.74) is 0.298. The van der Waals surface area contributed by atoms with Gasteiger partial charge in [-0.05, 0) is 84.2 Å². The van der Waals surface area contributed by atoms with Gasteiger partial charge in [0.05, 0.1) is 5.54 Å². The number of carbonyl (C=O) groups is 1. The molecule has 1 unspecified atom stereocenters. The van der Waals surface area contributed by atoms with E-state index in [1.807, 2.05) is 52.9 Å². The number of aryl methyl sites for hydroxylation is 1. The standard InChI is InChI=1S/C20H30N2O2S2/c1-18(2,3)22(17(23)24-19(4,5)6)16-21-20(11-13-26-16)10-7-8-15-14(20)9-12-25-15/h9,12H,7-8,10-11,13H2,1-6H3. The molecule has 0 fully saturated rings. The van der Waals surface area contributed by atoms with E-state index in [0.29, 0.717) is 0 Å². The third-order valence-electron chi connectivity index (χ3n) is 4.74. The first-order valence-corrected chi connectivity index (χ1v) is 11.2. The third-order valence-corrected chi connectivity index (χ3v) is 6.66. The van der Waals surface area contributed by atoms with E-state index >= 15 is 0 Å². The fourth-order valence-corrected chi connectivity index (χ4v) is 6.00. The number of carbonyl (C=O) groups excluding carboxylic acids is 1. The SMILES string of the molecule is CC(C)(C)OC(=O)N(C1=NC2(CCCc3sccc32)CCS1)C(C)(C)C. The summed E-state index contributed by atoms with van der Waals surface area (Å²) in [6, 6.07) is 2.24. The molecule has 1 aliphatic heterocycles. The summed E-state index contributed by atoms with van der Waals surface area (Å²) in [7, 11) is 0. The van der Waals surface area contributed by atoms with Crippen molar-refractivity contribution in [1.29, 1.82) is 0 Å². The smallest absolute Gasteiger partial charge is 0.416 e. The van der Waals surface area contributed by atoms with Crippen LogP contribution in [0.25, 0.3) is 0 Å². The van der Waals surface area contributed by atoms with Gasteiger partial charge in [0.25, 0.3) is 0 Å². The number of hydrogen-bond donors (Lipinski definition) is 0. The summed E-state index contributed by atoms with van der Waals surface area (Å²) < 4.78 is 5.70. The van der Waals surface area contributed by atoms with Gasteiger partial charge in [-0.1, -0.05) is 11.8 Å². The molecule has 0 N–H and O–H groups in total. The van der Waals surface area contributed by atoms with E-state index in [4.69, 9.17) is 9.73 Å². The lowest BCUT2D eigenvalue weighted by Crippen LogP contribution is -2.52. The van der Waals surface area contributed by atoms with Crippen LogP contribution in [0.15, 0.2) is 16.4 Å². The highest BCUT2D eigenvalue weighted by Crippen LogP contribution is 2.47. The maximum atomic E-state index is 13.0. The Kier molecular flexibility index (Phi) is 5.21. The highest BCUT2D eigenvalue weighted by molar-refractivity contribution is 8.13. The summed E-state index contributed by atoms with van der Waals surface area (Å²) >= 11 is 3.52. The summed E-state index contributed by atoms with van der Waals surface area (Å²) in [5, 5.41) is 2.99. The van der Waals surface area contributed by atoms with Crippen molar-refractivity contribution >= 4 is 34.4 Å².